The van der Waals surface area contributed by atoms with Crippen LogP contribution in [0.4, 0.5) is 14.9 Å². The number of hydrogen-bond donors (Lipinski definition) is 2. The number of anilines is 1. The summed E-state index contributed by atoms with van der Waals surface area (Å²) in [4.78, 5) is 23.6. The molecule has 0 saturated carbocycles. The van der Waals surface area contributed by atoms with Gasteiger partial charge in [-0.2, -0.15) is 0 Å². The first-order chi connectivity index (χ1) is 10.5. The summed E-state index contributed by atoms with van der Waals surface area (Å²) >= 11 is 2.57. The Morgan fingerprint density at radius 2 is 2.05 bits per heavy atom. The van der Waals surface area contributed by atoms with Gasteiger partial charge < -0.3 is 5.32 Å². The van der Waals surface area contributed by atoms with Gasteiger partial charge in [0.05, 0.1) is 10.9 Å². The molecule has 0 aliphatic carbocycles. The molecule has 0 fully saturated rings. The largest absolute Gasteiger partial charge is 0.325 e. The van der Waals surface area contributed by atoms with Crippen molar-refractivity contribution < 1.29 is 14.0 Å². The number of hydrogen-bond acceptors (Lipinski definition) is 6. The predicted molar refractivity (Wildman–Crippen MR) is 83.5 cm³/mol. The number of amides is 3. The van der Waals surface area contributed by atoms with Crippen LogP contribution in [0.2, 0.25) is 0 Å². The number of aromatic nitrogens is 2. The number of halogens is 1. The van der Waals surface area contributed by atoms with E-state index < -0.39 is 23.0 Å². The molecule has 9 heteroatoms. The van der Waals surface area contributed by atoms with Gasteiger partial charge in [0.2, 0.25) is 5.91 Å². The van der Waals surface area contributed by atoms with E-state index in [0.717, 1.165) is 5.01 Å². The van der Waals surface area contributed by atoms with E-state index in [-0.39, 0.29) is 5.69 Å². The molecule has 0 aliphatic rings. The summed E-state index contributed by atoms with van der Waals surface area (Å²) in [6.07, 6.45) is 0. The van der Waals surface area contributed by atoms with Crippen LogP contribution in [0.1, 0.15) is 11.9 Å². The molecular formula is C13H13FN4O2S2. The second kappa shape index (κ2) is 7.32. The van der Waals surface area contributed by atoms with Crippen molar-refractivity contribution in [3.8, 4) is 0 Å². The molecule has 22 heavy (non-hydrogen) atoms. The average molecular weight is 340 g/mol. The lowest BCUT2D eigenvalue weighted by Gasteiger charge is -2.10. The van der Waals surface area contributed by atoms with Crippen molar-refractivity contribution in [3.05, 3.63) is 35.1 Å². The number of urea groups is 1. The van der Waals surface area contributed by atoms with E-state index in [9.17, 15) is 14.0 Å². The third-order valence-corrected chi connectivity index (χ3v) is 4.54. The molecule has 0 unspecified atom stereocenters. The van der Waals surface area contributed by atoms with Crippen molar-refractivity contribution in [1.82, 2.24) is 15.5 Å². The fourth-order valence-corrected chi connectivity index (χ4v) is 3.42. The predicted octanol–water partition coefficient (Wildman–Crippen LogP) is 2.81. The fraction of sp³-hybridized carbons (Fsp3) is 0.231. The smallest absolute Gasteiger partial charge is 0.305 e. The summed E-state index contributed by atoms with van der Waals surface area (Å²) in [7, 11) is 0. The SMILES string of the molecule is Cc1nnc(S[C@H](C)C(=O)NC(=O)Nc2ccccc2F)s1. The monoisotopic (exact) mass is 340 g/mol. The van der Waals surface area contributed by atoms with Gasteiger partial charge in [-0.15, -0.1) is 10.2 Å². The number of aryl methyl sites for hydroxylation is 1. The Bertz CT molecular complexity index is 692. The average Bonchev–Trinajstić information content (AvgIpc) is 2.86. The van der Waals surface area contributed by atoms with Gasteiger partial charge in [0.1, 0.15) is 10.8 Å². The minimum Gasteiger partial charge on any atom is -0.305 e. The van der Waals surface area contributed by atoms with Gasteiger partial charge in [0, 0.05) is 0 Å². The van der Waals surface area contributed by atoms with Gasteiger partial charge in [0.25, 0.3) is 0 Å². The quantitative estimate of drug-likeness (QED) is 0.836. The van der Waals surface area contributed by atoms with Crippen LogP contribution in [-0.4, -0.2) is 27.4 Å². The van der Waals surface area contributed by atoms with Gasteiger partial charge >= 0.3 is 6.03 Å². The number of imide groups is 1. The van der Waals surface area contributed by atoms with E-state index in [1.54, 1.807) is 13.0 Å². The number of rotatable bonds is 4. The molecule has 6 nitrogen and oxygen atoms in total. The lowest BCUT2D eigenvalue weighted by molar-refractivity contribution is -0.119. The topological polar surface area (TPSA) is 84.0 Å². The molecule has 3 amide bonds. The summed E-state index contributed by atoms with van der Waals surface area (Å²) in [5.74, 6) is -1.07. The van der Waals surface area contributed by atoms with E-state index in [2.05, 4.69) is 20.8 Å². The lowest BCUT2D eigenvalue weighted by Crippen LogP contribution is -2.39. The first-order valence-electron chi connectivity index (χ1n) is 6.29. The minimum atomic E-state index is -0.781. The van der Waals surface area contributed by atoms with E-state index in [1.807, 2.05) is 6.92 Å². The molecule has 1 aromatic carbocycles. The molecule has 116 valence electrons. The number of nitrogens with zero attached hydrogens (tertiary/aromatic N) is 2. The first kappa shape index (κ1) is 16.4. The third kappa shape index (κ3) is 4.50. The van der Waals surface area contributed by atoms with Crippen LogP contribution in [0, 0.1) is 12.7 Å². The first-order valence-corrected chi connectivity index (χ1v) is 7.98. The van der Waals surface area contributed by atoms with Crippen LogP contribution < -0.4 is 10.6 Å². The number of carbonyl (C=O) groups is 2. The zero-order valence-corrected chi connectivity index (χ0v) is 13.4. The van der Waals surface area contributed by atoms with Gasteiger partial charge in [-0.05, 0) is 26.0 Å². The molecule has 2 rings (SSSR count). The third-order valence-electron chi connectivity index (χ3n) is 2.51. The van der Waals surface area contributed by atoms with Crippen LogP contribution in [0.15, 0.2) is 28.6 Å². The Morgan fingerprint density at radius 3 is 2.68 bits per heavy atom. The number of para-hydroxylation sites is 1. The number of benzene rings is 1. The zero-order chi connectivity index (χ0) is 16.1. The number of carbonyl (C=O) groups excluding carboxylic acids is 2. The van der Waals surface area contributed by atoms with E-state index in [0.29, 0.717) is 4.34 Å². The van der Waals surface area contributed by atoms with Gasteiger partial charge in [-0.25, -0.2) is 9.18 Å². The molecule has 0 bridgehead atoms. The fourth-order valence-electron chi connectivity index (χ4n) is 1.46. The van der Waals surface area contributed by atoms with Crippen molar-refractivity contribution in [1.29, 1.82) is 0 Å². The number of thioether (sulfide) groups is 1. The van der Waals surface area contributed by atoms with Crippen LogP contribution in [0.3, 0.4) is 0 Å². The summed E-state index contributed by atoms with van der Waals surface area (Å²) in [5, 5.41) is 12.5. The van der Waals surface area contributed by atoms with Crippen LogP contribution in [-0.2, 0) is 4.79 Å². The van der Waals surface area contributed by atoms with Gasteiger partial charge in [-0.3, -0.25) is 10.1 Å². The molecular weight excluding hydrogens is 327 g/mol. The van der Waals surface area contributed by atoms with Crippen LogP contribution >= 0.6 is 23.1 Å². The molecule has 1 atom stereocenters. The molecule has 0 aliphatic heterocycles. The standard InChI is InChI=1S/C13H13FN4O2S2/c1-7(21-13-18-17-8(2)22-13)11(19)16-12(20)15-10-6-4-3-5-9(10)14/h3-7H,1-2H3,(H2,15,16,19,20)/t7-/m1/s1. The van der Waals surface area contributed by atoms with Crippen LogP contribution in [0.25, 0.3) is 0 Å². The second-order valence-corrected chi connectivity index (χ2v) is 7.04. The van der Waals surface area contributed by atoms with Crippen molar-refractivity contribution in [2.45, 2.75) is 23.4 Å². The summed E-state index contributed by atoms with van der Waals surface area (Å²) in [5.41, 5.74) is 0.00727. The molecule has 0 saturated heterocycles. The summed E-state index contributed by atoms with van der Waals surface area (Å²) in [6, 6.07) is 4.93. The Labute approximate surface area is 134 Å². The van der Waals surface area contributed by atoms with Gasteiger partial charge in [-0.1, -0.05) is 35.2 Å². The maximum Gasteiger partial charge on any atom is 0.325 e. The van der Waals surface area contributed by atoms with Crippen molar-refractivity contribution >= 4 is 40.7 Å². The Hall–Kier alpha value is -2.00. The molecule has 0 radical (unpaired) electrons. The molecule has 0 spiro atoms. The maximum absolute atomic E-state index is 13.4. The highest BCUT2D eigenvalue weighted by Gasteiger charge is 2.19. The van der Waals surface area contributed by atoms with E-state index in [4.69, 9.17) is 0 Å². The Kier molecular flexibility index (Phi) is 5.45. The zero-order valence-electron chi connectivity index (χ0n) is 11.8. The Balaban J connectivity index is 1.88. The highest BCUT2D eigenvalue weighted by Crippen LogP contribution is 2.26. The Morgan fingerprint density at radius 1 is 1.32 bits per heavy atom. The number of nitrogens with one attached hydrogen (secondary N) is 2. The molecule has 1 aromatic heterocycles. The second-order valence-electron chi connectivity index (χ2n) is 4.27. The minimum absolute atomic E-state index is 0.00727. The maximum atomic E-state index is 13.4. The molecule has 2 N–H and O–H groups in total. The van der Waals surface area contributed by atoms with E-state index >= 15 is 0 Å². The normalized spacial score (nSPS) is 11.8. The van der Waals surface area contributed by atoms with E-state index in [1.165, 1.54) is 41.3 Å². The van der Waals surface area contributed by atoms with Crippen molar-refractivity contribution in [3.63, 3.8) is 0 Å². The van der Waals surface area contributed by atoms with Crippen LogP contribution in [0.5, 0.6) is 0 Å². The van der Waals surface area contributed by atoms with Gasteiger partial charge in [0.15, 0.2) is 4.34 Å². The summed E-state index contributed by atoms with van der Waals surface area (Å²) in [6.45, 7) is 3.46. The summed E-state index contributed by atoms with van der Waals surface area (Å²) < 4.78 is 14.0. The molecule has 2 aromatic rings. The highest BCUT2D eigenvalue weighted by molar-refractivity contribution is 8.02. The van der Waals surface area contributed by atoms with Crippen molar-refractivity contribution in [2.75, 3.05) is 5.32 Å². The lowest BCUT2D eigenvalue weighted by atomic mass is 10.3. The van der Waals surface area contributed by atoms with Crippen molar-refractivity contribution in [2.24, 2.45) is 0 Å². The molecule has 1 heterocycles. The highest BCUT2D eigenvalue weighted by atomic mass is 32.2.